The number of halogens is 3. The van der Waals surface area contributed by atoms with Crippen molar-refractivity contribution in [3.63, 3.8) is 0 Å². The molecule has 0 spiro atoms. The molecule has 1 aliphatic heterocycles. The second-order valence-corrected chi connectivity index (χ2v) is 11.3. The second kappa shape index (κ2) is 14.1. The van der Waals surface area contributed by atoms with Crippen LogP contribution in [0.5, 0.6) is 11.5 Å². The third-order valence-electron chi connectivity index (χ3n) is 6.18. The number of aliphatic hydroxyl groups is 1. The molecule has 0 radical (unpaired) electrons. The van der Waals surface area contributed by atoms with Gasteiger partial charge in [-0.1, -0.05) is 71.2 Å². The van der Waals surface area contributed by atoms with Crippen LogP contribution in [0.3, 0.4) is 0 Å². The molecular formula is C29H26Cl3NO9. The highest BCUT2D eigenvalue weighted by Crippen LogP contribution is 2.31. The van der Waals surface area contributed by atoms with E-state index in [4.69, 9.17) is 58.5 Å². The number of nitrogens with one attached hydrogen (secondary N) is 1. The number of amides is 1. The van der Waals surface area contributed by atoms with Crippen LogP contribution >= 0.6 is 34.8 Å². The number of esters is 2. The lowest BCUT2D eigenvalue weighted by atomic mass is 9.96. The summed E-state index contributed by atoms with van der Waals surface area (Å²) in [5.41, 5.74) is 0.441. The first-order chi connectivity index (χ1) is 20.1. The Balaban J connectivity index is 1.65. The quantitative estimate of drug-likeness (QED) is 0.263. The maximum Gasteiger partial charge on any atom is 0.338 e. The van der Waals surface area contributed by atoms with E-state index in [9.17, 15) is 19.5 Å². The van der Waals surface area contributed by atoms with E-state index in [0.717, 1.165) is 0 Å². The monoisotopic (exact) mass is 637 g/mol. The lowest BCUT2D eigenvalue weighted by Gasteiger charge is -2.44. The Bertz CT molecular complexity index is 1350. The van der Waals surface area contributed by atoms with Gasteiger partial charge in [-0.05, 0) is 48.5 Å². The summed E-state index contributed by atoms with van der Waals surface area (Å²) in [6, 6.07) is 21.1. The van der Waals surface area contributed by atoms with E-state index in [1.807, 2.05) is 0 Å². The number of carbonyl (C=O) groups is 3. The van der Waals surface area contributed by atoms with Crippen LogP contribution in [0, 0.1) is 0 Å². The van der Waals surface area contributed by atoms with Crippen molar-refractivity contribution >= 4 is 52.6 Å². The molecule has 3 aromatic carbocycles. The molecule has 0 saturated carbocycles. The molecule has 0 bridgehead atoms. The summed E-state index contributed by atoms with van der Waals surface area (Å²) in [5, 5.41) is 13.8. The highest BCUT2D eigenvalue weighted by Gasteiger charge is 2.51. The van der Waals surface area contributed by atoms with E-state index in [-0.39, 0.29) is 16.9 Å². The highest BCUT2D eigenvalue weighted by atomic mass is 35.6. The van der Waals surface area contributed by atoms with Crippen molar-refractivity contribution in [3.8, 4) is 11.5 Å². The van der Waals surface area contributed by atoms with Crippen molar-refractivity contribution < 1.29 is 43.2 Å². The topological polar surface area (TPSA) is 130 Å². The molecule has 0 aromatic heterocycles. The number of benzene rings is 3. The van der Waals surface area contributed by atoms with Crippen LogP contribution < -0.4 is 14.8 Å². The molecule has 0 aliphatic carbocycles. The average molecular weight is 639 g/mol. The molecule has 4 rings (SSSR count). The Labute approximate surface area is 256 Å². The SMILES string of the molecule is COc1ccc(O[C@@H]2O[C@H](COC(=O)c3ccccc3)[C@H](O)[C@H](OC(=O)c3ccccc3)[C@H]2NC(=O)C(Cl)(Cl)Cl)cc1. The number of aliphatic hydroxyl groups excluding tert-OH is 1. The fourth-order valence-corrected chi connectivity index (χ4v) is 4.21. The smallest absolute Gasteiger partial charge is 0.338 e. The number of methoxy groups -OCH3 is 1. The molecule has 13 heteroatoms. The van der Waals surface area contributed by atoms with E-state index in [0.29, 0.717) is 5.75 Å². The van der Waals surface area contributed by atoms with Gasteiger partial charge in [0.1, 0.15) is 36.4 Å². The highest BCUT2D eigenvalue weighted by molar-refractivity contribution is 6.76. The minimum atomic E-state index is -2.41. The Morgan fingerprint density at radius 1 is 0.857 bits per heavy atom. The number of carbonyl (C=O) groups excluding carboxylic acids is 3. The van der Waals surface area contributed by atoms with Gasteiger partial charge in [-0.15, -0.1) is 0 Å². The van der Waals surface area contributed by atoms with Crippen molar-refractivity contribution in [2.45, 2.75) is 34.4 Å². The molecule has 0 unspecified atom stereocenters. The summed E-state index contributed by atoms with van der Waals surface area (Å²) in [7, 11) is 1.50. The van der Waals surface area contributed by atoms with Gasteiger partial charge in [0.05, 0.1) is 18.2 Å². The zero-order valence-corrected chi connectivity index (χ0v) is 24.3. The van der Waals surface area contributed by atoms with Crippen LogP contribution in [-0.4, -0.2) is 71.1 Å². The summed E-state index contributed by atoms with van der Waals surface area (Å²) < 4.78 is 25.8. The van der Waals surface area contributed by atoms with Gasteiger partial charge in [0, 0.05) is 0 Å². The predicted octanol–water partition coefficient (Wildman–Crippen LogP) is 4.10. The summed E-state index contributed by atoms with van der Waals surface area (Å²) in [4.78, 5) is 38.4. The van der Waals surface area contributed by atoms with Gasteiger partial charge in [0.2, 0.25) is 6.29 Å². The maximum absolute atomic E-state index is 13.1. The van der Waals surface area contributed by atoms with Crippen molar-refractivity contribution in [1.29, 1.82) is 0 Å². The van der Waals surface area contributed by atoms with Gasteiger partial charge in [-0.3, -0.25) is 4.79 Å². The van der Waals surface area contributed by atoms with Gasteiger partial charge in [-0.25, -0.2) is 9.59 Å². The van der Waals surface area contributed by atoms with Gasteiger partial charge in [0.15, 0.2) is 6.10 Å². The third kappa shape index (κ3) is 8.05. The first-order valence-corrected chi connectivity index (χ1v) is 13.7. The van der Waals surface area contributed by atoms with E-state index in [2.05, 4.69) is 5.32 Å². The molecule has 42 heavy (non-hydrogen) atoms. The maximum atomic E-state index is 13.1. The molecule has 3 aromatic rings. The summed E-state index contributed by atoms with van der Waals surface area (Å²) in [6.07, 6.45) is -5.83. The van der Waals surface area contributed by atoms with Crippen LogP contribution in [0.4, 0.5) is 0 Å². The molecule has 10 nitrogen and oxygen atoms in total. The first-order valence-electron chi connectivity index (χ1n) is 12.6. The zero-order chi connectivity index (χ0) is 30.3. The van der Waals surface area contributed by atoms with E-state index < -0.39 is 58.9 Å². The minimum absolute atomic E-state index is 0.169. The van der Waals surface area contributed by atoms with Crippen LogP contribution in [0.2, 0.25) is 0 Å². The molecule has 1 heterocycles. The van der Waals surface area contributed by atoms with Gasteiger partial charge in [0.25, 0.3) is 9.70 Å². The lowest BCUT2D eigenvalue weighted by molar-refractivity contribution is -0.244. The number of rotatable bonds is 9. The number of hydrogen-bond donors (Lipinski definition) is 2. The van der Waals surface area contributed by atoms with E-state index in [1.54, 1.807) is 72.8 Å². The Hall–Kier alpha value is -3.54. The van der Waals surface area contributed by atoms with Crippen LogP contribution in [0.1, 0.15) is 20.7 Å². The van der Waals surface area contributed by atoms with Crippen LogP contribution in [-0.2, 0) is 19.0 Å². The van der Waals surface area contributed by atoms with Crippen molar-refractivity contribution in [3.05, 3.63) is 96.1 Å². The molecule has 5 atom stereocenters. The van der Waals surface area contributed by atoms with E-state index in [1.165, 1.54) is 19.2 Å². The predicted molar refractivity (Wildman–Crippen MR) is 153 cm³/mol. The van der Waals surface area contributed by atoms with Gasteiger partial charge < -0.3 is 34.1 Å². The fraction of sp³-hybridized carbons (Fsp3) is 0.276. The molecule has 1 aliphatic rings. The summed E-state index contributed by atoms with van der Waals surface area (Å²) >= 11 is 17.4. The molecular weight excluding hydrogens is 613 g/mol. The molecule has 2 N–H and O–H groups in total. The van der Waals surface area contributed by atoms with Crippen molar-refractivity contribution in [2.24, 2.45) is 0 Å². The molecule has 222 valence electrons. The Kier molecular flexibility index (Phi) is 10.5. The number of alkyl halides is 3. The second-order valence-electron chi connectivity index (χ2n) is 9.02. The summed E-state index contributed by atoms with van der Waals surface area (Å²) in [5.74, 6) is -1.78. The molecule has 1 fully saturated rings. The van der Waals surface area contributed by atoms with Gasteiger partial charge in [-0.2, -0.15) is 0 Å². The standard InChI is InChI=1S/C29H26Cl3NO9/c1-38-19-12-14-20(15-13-19)40-27-22(33-28(37)29(30,31)32)24(42-26(36)18-10-6-3-7-11-18)23(34)21(41-27)16-39-25(35)17-8-4-2-5-9-17/h2-15,21-24,27,34H,16H2,1H3,(H,33,37)/t21-,22-,23+,24-,27-/m1/s1. The summed E-state index contributed by atoms with van der Waals surface area (Å²) in [6.45, 7) is -0.456. The fourth-order valence-electron chi connectivity index (χ4n) is 4.05. The normalized spacial score (nSPS) is 22.0. The molecule has 1 amide bonds. The Morgan fingerprint density at radius 3 is 1.95 bits per heavy atom. The molecule has 1 saturated heterocycles. The van der Waals surface area contributed by atoms with Crippen molar-refractivity contribution in [1.82, 2.24) is 5.32 Å². The largest absolute Gasteiger partial charge is 0.497 e. The number of hydrogen-bond acceptors (Lipinski definition) is 9. The third-order valence-corrected chi connectivity index (χ3v) is 6.70. The van der Waals surface area contributed by atoms with E-state index >= 15 is 0 Å². The van der Waals surface area contributed by atoms with Crippen LogP contribution in [0.15, 0.2) is 84.9 Å². The number of ether oxygens (including phenoxy) is 5. The minimum Gasteiger partial charge on any atom is -0.497 e. The lowest BCUT2D eigenvalue weighted by Crippen LogP contribution is -2.67. The van der Waals surface area contributed by atoms with Crippen molar-refractivity contribution in [2.75, 3.05) is 13.7 Å². The van der Waals surface area contributed by atoms with Gasteiger partial charge >= 0.3 is 11.9 Å². The van der Waals surface area contributed by atoms with Crippen LogP contribution in [0.25, 0.3) is 0 Å². The Morgan fingerprint density at radius 2 is 1.40 bits per heavy atom. The first kappa shape index (κ1) is 31.4. The zero-order valence-electron chi connectivity index (χ0n) is 22.0. The average Bonchev–Trinajstić information content (AvgIpc) is 2.99.